The summed E-state index contributed by atoms with van der Waals surface area (Å²) in [6, 6.07) is 16.8. The molecule has 150 valence electrons. The highest BCUT2D eigenvalue weighted by Gasteiger charge is 2.30. The minimum atomic E-state index is -1.03. The molecule has 1 saturated heterocycles. The van der Waals surface area contributed by atoms with Crippen molar-refractivity contribution in [1.82, 2.24) is 9.47 Å². The molecule has 7 nitrogen and oxygen atoms in total. The number of aromatic carboxylic acids is 1. The van der Waals surface area contributed by atoms with E-state index in [0.29, 0.717) is 15.8 Å². The molecule has 2 N–H and O–H groups in total. The van der Waals surface area contributed by atoms with Crippen LogP contribution in [0.25, 0.3) is 11.8 Å². The molecule has 3 aromatic rings. The van der Waals surface area contributed by atoms with Crippen LogP contribution in [0, 0.1) is 0 Å². The van der Waals surface area contributed by atoms with Crippen LogP contribution in [-0.2, 0) is 4.79 Å². The predicted octanol–water partition coefficient (Wildman–Crippen LogP) is 4.11. The molecule has 0 aliphatic carbocycles. The fraction of sp³-hybridized carbons (Fsp3) is 0.0455. The Balaban J connectivity index is 1.65. The Morgan fingerprint density at radius 3 is 2.60 bits per heavy atom. The molecular formula is C22H17N3O4S. The molecule has 4 rings (SSSR count). The average molecular weight is 419 g/mol. The van der Waals surface area contributed by atoms with Gasteiger partial charge in [-0.1, -0.05) is 6.07 Å². The van der Waals surface area contributed by atoms with E-state index in [0.717, 1.165) is 11.4 Å². The van der Waals surface area contributed by atoms with E-state index in [1.807, 2.05) is 22.9 Å². The fourth-order valence-electron chi connectivity index (χ4n) is 2.96. The van der Waals surface area contributed by atoms with Crippen molar-refractivity contribution in [2.75, 3.05) is 7.05 Å². The van der Waals surface area contributed by atoms with Gasteiger partial charge in [0.2, 0.25) is 0 Å². The SMILES string of the molecule is CN1C(=O)/C(=C/c2cccn2-c2ccc(O)cc2)SC1=Nc1cccc(C(=O)O)c1. The van der Waals surface area contributed by atoms with Crippen LogP contribution >= 0.6 is 11.8 Å². The van der Waals surface area contributed by atoms with Crippen molar-refractivity contribution in [3.63, 3.8) is 0 Å². The molecule has 0 saturated carbocycles. The van der Waals surface area contributed by atoms with Crippen molar-refractivity contribution < 1.29 is 19.8 Å². The van der Waals surface area contributed by atoms with Gasteiger partial charge in [-0.2, -0.15) is 0 Å². The van der Waals surface area contributed by atoms with Gasteiger partial charge in [-0.25, -0.2) is 9.79 Å². The number of carbonyl (C=O) groups excluding carboxylic acids is 1. The number of phenols is 1. The molecule has 30 heavy (non-hydrogen) atoms. The van der Waals surface area contributed by atoms with Crippen LogP contribution in [0.15, 0.2) is 76.8 Å². The normalized spacial score (nSPS) is 16.6. The van der Waals surface area contributed by atoms with Gasteiger partial charge in [-0.15, -0.1) is 0 Å². The van der Waals surface area contributed by atoms with Gasteiger partial charge < -0.3 is 14.8 Å². The second-order valence-electron chi connectivity index (χ2n) is 6.54. The highest BCUT2D eigenvalue weighted by Crippen LogP contribution is 2.33. The summed E-state index contributed by atoms with van der Waals surface area (Å²) >= 11 is 1.23. The smallest absolute Gasteiger partial charge is 0.335 e. The number of aromatic hydroxyl groups is 1. The molecule has 1 amide bonds. The summed E-state index contributed by atoms with van der Waals surface area (Å²) in [6.07, 6.45) is 3.66. The largest absolute Gasteiger partial charge is 0.508 e. The summed E-state index contributed by atoms with van der Waals surface area (Å²) in [6.45, 7) is 0. The Kier molecular flexibility index (Phi) is 5.16. The second-order valence-corrected chi connectivity index (χ2v) is 7.55. The Bertz CT molecular complexity index is 1200. The summed E-state index contributed by atoms with van der Waals surface area (Å²) in [7, 11) is 1.63. The van der Waals surface area contributed by atoms with Gasteiger partial charge in [0.25, 0.3) is 5.91 Å². The first-order valence-electron chi connectivity index (χ1n) is 8.99. The first-order valence-corrected chi connectivity index (χ1v) is 9.80. The third kappa shape index (κ3) is 3.85. The van der Waals surface area contributed by atoms with Gasteiger partial charge in [0.05, 0.1) is 16.2 Å². The van der Waals surface area contributed by atoms with E-state index >= 15 is 0 Å². The van der Waals surface area contributed by atoms with Crippen LogP contribution in [0.1, 0.15) is 16.1 Å². The first-order chi connectivity index (χ1) is 14.4. The van der Waals surface area contributed by atoms with E-state index in [2.05, 4.69) is 4.99 Å². The number of thioether (sulfide) groups is 1. The van der Waals surface area contributed by atoms with E-state index < -0.39 is 5.97 Å². The number of phenolic OH excluding ortho intramolecular Hbond substituents is 1. The van der Waals surface area contributed by atoms with Crippen LogP contribution in [0.2, 0.25) is 0 Å². The molecule has 1 aromatic heterocycles. The van der Waals surface area contributed by atoms with Crippen LogP contribution in [0.5, 0.6) is 5.75 Å². The molecule has 2 heterocycles. The molecule has 1 fully saturated rings. The number of amidine groups is 1. The minimum Gasteiger partial charge on any atom is -0.508 e. The van der Waals surface area contributed by atoms with E-state index in [4.69, 9.17) is 5.11 Å². The monoisotopic (exact) mass is 419 g/mol. The third-order valence-corrected chi connectivity index (χ3v) is 5.57. The molecule has 0 unspecified atom stereocenters. The van der Waals surface area contributed by atoms with Crippen molar-refractivity contribution >= 4 is 40.6 Å². The number of aliphatic imine (C=N–C) groups is 1. The lowest BCUT2D eigenvalue weighted by Gasteiger charge is -2.08. The number of hydrogen-bond acceptors (Lipinski definition) is 5. The van der Waals surface area contributed by atoms with Crippen LogP contribution in [-0.4, -0.2) is 43.8 Å². The van der Waals surface area contributed by atoms with E-state index in [1.54, 1.807) is 49.5 Å². The average Bonchev–Trinajstić information content (AvgIpc) is 3.29. The maximum atomic E-state index is 12.7. The summed E-state index contributed by atoms with van der Waals surface area (Å²) in [5.41, 5.74) is 2.26. The molecule has 0 atom stereocenters. The van der Waals surface area contributed by atoms with Crippen molar-refractivity contribution in [1.29, 1.82) is 0 Å². The molecule has 2 aromatic carbocycles. The number of benzene rings is 2. The predicted molar refractivity (Wildman–Crippen MR) is 116 cm³/mol. The summed E-state index contributed by atoms with van der Waals surface area (Å²) < 4.78 is 1.91. The van der Waals surface area contributed by atoms with Crippen molar-refractivity contribution in [2.24, 2.45) is 4.99 Å². The number of hydrogen-bond donors (Lipinski definition) is 2. The highest BCUT2D eigenvalue weighted by atomic mass is 32.2. The molecule has 1 aliphatic rings. The third-order valence-electron chi connectivity index (χ3n) is 4.51. The Morgan fingerprint density at radius 1 is 1.10 bits per heavy atom. The minimum absolute atomic E-state index is 0.135. The lowest BCUT2D eigenvalue weighted by atomic mass is 10.2. The quantitative estimate of drug-likeness (QED) is 0.621. The molecular weight excluding hydrogens is 402 g/mol. The van der Waals surface area contributed by atoms with E-state index in [-0.39, 0.29) is 17.2 Å². The summed E-state index contributed by atoms with van der Waals surface area (Å²) in [4.78, 5) is 30.3. The van der Waals surface area contributed by atoms with E-state index in [1.165, 1.54) is 28.8 Å². The topological polar surface area (TPSA) is 95.1 Å². The molecule has 0 radical (unpaired) electrons. The number of aromatic nitrogens is 1. The first kappa shape index (κ1) is 19.5. The Hall–Kier alpha value is -3.78. The second kappa shape index (κ2) is 7.92. The number of nitrogens with zero attached hydrogens (tertiary/aromatic N) is 3. The maximum Gasteiger partial charge on any atom is 0.335 e. The van der Waals surface area contributed by atoms with Gasteiger partial charge in [0.1, 0.15) is 5.75 Å². The Labute approximate surface area is 176 Å². The van der Waals surface area contributed by atoms with Gasteiger partial charge >= 0.3 is 5.97 Å². The number of likely N-dealkylation sites (N-methyl/N-ethyl adjacent to an activating group) is 1. The van der Waals surface area contributed by atoms with Crippen LogP contribution in [0.4, 0.5) is 5.69 Å². The number of carboxylic acid groups (broad SMARTS) is 1. The molecule has 0 bridgehead atoms. The summed E-state index contributed by atoms with van der Waals surface area (Å²) in [5, 5.41) is 19.1. The molecule has 8 heteroatoms. The zero-order valence-electron chi connectivity index (χ0n) is 15.9. The van der Waals surface area contributed by atoms with Gasteiger partial charge in [-0.3, -0.25) is 9.69 Å². The highest BCUT2D eigenvalue weighted by molar-refractivity contribution is 8.18. The summed E-state index contributed by atoms with van der Waals surface area (Å²) in [5.74, 6) is -1.04. The zero-order valence-corrected chi connectivity index (χ0v) is 16.7. The van der Waals surface area contributed by atoms with Crippen LogP contribution in [0.3, 0.4) is 0 Å². The van der Waals surface area contributed by atoms with E-state index in [9.17, 15) is 14.7 Å². The van der Waals surface area contributed by atoms with Gasteiger partial charge in [0.15, 0.2) is 5.17 Å². The lowest BCUT2D eigenvalue weighted by Crippen LogP contribution is -2.23. The number of rotatable bonds is 4. The van der Waals surface area contributed by atoms with Gasteiger partial charge in [0, 0.05) is 24.6 Å². The number of amides is 1. The fourth-order valence-corrected chi connectivity index (χ4v) is 3.94. The maximum absolute atomic E-state index is 12.7. The molecule has 0 spiro atoms. The van der Waals surface area contributed by atoms with Crippen molar-refractivity contribution in [3.05, 3.63) is 83.0 Å². The van der Waals surface area contributed by atoms with Crippen molar-refractivity contribution in [3.8, 4) is 11.4 Å². The number of carbonyl (C=O) groups is 2. The Morgan fingerprint density at radius 2 is 1.87 bits per heavy atom. The van der Waals surface area contributed by atoms with Crippen LogP contribution < -0.4 is 0 Å². The molecule has 1 aliphatic heterocycles. The standard InChI is InChI=1S/C22H17N3O4S/c1-24-20(27)19(30-22(24)23-15-5-2-4-14(12-15)21(28)29)13-17-6-3-11-25(17)16-7-9-18(26)10-8-16/h2-13,26H,1H3,(H,28,29)/b19-13-,23-22?. The van der Waals surface area contributed by atoms with Gasteiger partial charge in [-0.05, 0) is 72.4 Å². The lowest BCUT2D eigenvalue weighted by molar-refractivity contribution is -0.121. The number of carboxylic acids is 1. The zero-order chi connectivity index (χ0) is 21.3. The van der Waals surface area contributed by atoms with Crippen molar-refractivity contribution in [2.45, 2.75) is 0 Å².